The van der Waals surface area contributed by atoms with Crippen LogP contribution in [-0.2, 0) is 11.3 Å². The Balaban J connectivity index is 2.33. The van der Waals surface area contributed by atoms with Crippen LogP contribution in [0.4, 0.5) is 5.95 Å². The van der Waals surface area contributed by atoms with E-state index in [2.05, 4.69) is 10.3 Å². The number of carboxylic acid groups (broad SMARTS) is 1. The average molecular weight is 216 g/mol. The number of carbonyl (C=O) groups is 1. The van der Waals surface area contributed by atoms with Crippen LogP contribution in [0.2, 0.25) is 5.15 Å². The summed E-state index contributed by atoms with van der Waals surface area (Å²) in [6, 6.07) is 0. The normalized spacial score (nSPS) is 20.0. The van der Waals surface area contributed by atoms with Crippen molar-refractivity contribution >= 4 is 23.5 Å². The van der Waals surface area contributed by atoms with Crippen molar-refractivity contribution in [2.24, 2.45) is 5.92 Å². The van der Waals surface area contributed by atoms with E-state index in [-0.39, 0.29) is 0 Å². The molecule has 5 nitrogen and oxygen atoms in total. The molecule has 2 N–H and O–H groups in total. The fourth-order valence-corrected chi connectivity index (χ4v) is 1.71. The third-order valence-electron chi connectivity index (χ3n) is 2.32. The quantitative estimate of drug-likeness (QED) is 0.733. The highest BCUT2D eigenvalue weighted by Crippen LogP contribution is 2.25. The van der Waals surface area contributed by atoms with Gasteiger partial charge in [-0.1, -0.05) is 11.6 Å². The zero-order valence-electron chi connectivity index (χ0n) is 7.62. The summed E-state index contributed by atoms with van der Waals surface area (Å²) in [7, 11) is 0. The van der Waals surface area contributed by atoms with Crippen LogP contribution in [0.5, 0.6) is 0 Å². The second kappa shape index (κ2) is 3.16. The summed E-state index contributed by atoms with van der Waals surface area (Å²) >= 11 is 5.96. The van der Waals surface area contributed by atoms with E-state index < -0.39 is 11.9 Å². The minimum Gasteiger partial charge on any atom is -0.481 e. The molecule has 0 spiro atoms. The molecule has 2 heterocycles. The van der Waals surface area contributed by atoms with E-state index in [4.69, 9.17) is 16.7 Å². The molecule has 0 amide bonds. The summed E-state index contributed by atoms with van der Waals surface area (Å²) in [5, 5.41) is 12.3. The average Bonchev–Trinajstić information content (AvgIpc) is 2.43. The Labute approximate surface area is 85.7 Å². The molecule has 0 fully saturated rings. The number of aryl methyl sites for hydroxylation is 1. The summed E-state index contributed by atoms with van der Waals surface area (Å²) in [5.74, 6) is -0.593. The number of halogens is 1. The van der Waals surface area contributed by atoms with E-state index in [0.29, 0.717) is 24.2 Å². The van der Waals surface area contributed by atoms with Gasteiger partial charge in [0.15, 0.2) is 0 Å². The molecule has 0 radical (unpaired) electrons. The van der Waals surface area contributed by atoms with Gasteiger partial charge in [0.2, 0.25) is 5.95 Å². The van der Waals surface area contributed by atoms with E-state index >= 15 is 0 Å². The van der Waals surface area contributed by atoms with E-state index in [1.165, 1.54) is 0 Å². The summed E-state index contributed by atoms with van der Waals surface area (Å²) in [6.45, 7) is 2.59. The summed E-state index contributed by atoms with van der Waals surface area (Å²) in [6.07, 6.45) is 0. The molecule has 1 atom stereocenters. The predicted octanol–water partition coefficient (Wildman–Crippen LogP) is 0.971. The van der Waals surface area contributed by atoms with Gasteiger partial charge >= 0.3 is 5.97 Å². The molecule has 2 rings (SSSR count). The van der Waals surface area contributed by atoms with Crippen LogP contribution in [0, 0.1) is 12.8 Å². The highest BCUT2D eigenvalue weighted by molar-refractivity contribution is 6.30. The summed E-state index contributed by atoms with van der Waals surface area (Å²) in [5.41, 5.74) is 0.722. The Morgan fingerprint density at radius 2 is 2.50 bits per heavy atom. The van der Waals surface area contributed by atoms with Gasteiger partial charge in [0.05, 0.1) is 11.6 Å². The lowest BCUT2D eigenvalue weighted by atomic mass is 10.1. The van der Waals surface area contributed by atoms with E-state index in [1.54, 1.807) is 11.5 Å². The highest BCUT2D eigenvalue weighted by atomic mass is 35.5. The number of aromatic nitrogens is 2. The minimum atomic E-state index is -0.814. The number of nitrogens with one attached hydrogen (secondary N) is 1. The third-order valence-corrected chi connectivity index (χ3v) is 2.80. The number of hydrogen-bond acceptors (Lipinski definition) is 3. The van der Waals surface area contributed by atoms with Crippen LogP contribution in [0.3, 0.4) is 0 Å². The smallest absolute Gasteiger partial charge is 0.310 e. The fourth-order valence-electron chi connectivity index (χ4n) is 1.52. The molecule has 1 aromatic heterocycles. The zero-order chi connectivity index (χ0) is 10.3. The lowest BCUT2D eigenvalue weighted by Gasteiger charge is -2.22. The maximum atomic E-state index is 10.8. The molecule has 1 aliphatic heterocycles. The second-order valence-corrected chi connectivity index (χ2v) is 3.70. The maximum absolute atomic E-state index is 10.8. The van der Waals surface area contributed by atoms with E-state index in [0.717, 1.165) is 5.69 Å². The predicted molar refractivity (Wildman–Crippen MR) is 51.6 cm³/mol. The van der Waals surface area contributed by atoms with Crippen molar-refractivity contribution in [1.29, 1.82) is 0 Å². The van der Waals surface area contributed by atoms with Gasteiger partial charge in [-0.25, -0.2) is 4.98 Å². The molecule has 76 valence electrons. The standard InChI is InChI=1S/C8H10ClN3O2/c1-4-6(9)12-3-5(7(13)14)2-10-8(12)11-4/h5H,2-3H2,1H3,(H,10,11)(H,13,14). The molecule has 0 saturated heterocycles. The largest absolute Gasteiger partial charge is 0.481 e. The molecule has 0 bridgehead atoms. The van der Waals surface area contributed by atoms with Gasteiger partial charge in [0, 0.05) is 13.1 Å². The number of imidazole rings is 1. The number of fused-ring (bicyclic) bond motifs is 1. The minimum absolute atomic E-state index is 0.386. The zero-order valence-corrected chi connectivity index (χ0v) is 8.38. The summed E-state index contributed by atoms with van der Waals surface area (Å²) in [4.78, 5) is 14.9. The van der Waals surface area contributed by atoms with Gasteiger partial charge in [-0.15, -0.1) is 0 Å². The van der Waals surface area contributed by atoms with Crippen LogP contribution in [-0.4, -0.2) is 27.2 Å². The first-order valence-corrected chi connectivity index (χ1v) is 4.66. The Kier molecular flexibility index (Phi) is 2.11. The van der Waals surface area contributed by atoms with Crippen molar-refractivity contribution in [1.82, 2.24) is 9.55 Å². The molecule has 6 heteroatoms. The Hall–Kier alpha value is -1.23. The number of rotatable bonds is 1. The Morgan fingerprint density at radius 1 is 1.79 bits per heavy atom. The van der Waals surface area contributed by atoms with Crippen LogP contribution >= 0.6 is 11.6 Å². The molecule has 14 heavy (non-hydrogen) atoms. The second-order valence-electron chi connectivity index (χ2n) is 3.34. The first-order chi connectivity index (χ1) is 6.59. The summed E-state index contributed by atoms with van der Waals surface area (Å²) < 4.78 is 1.69. The number of anilines is 1. The lowest BCUT2D eigenvalue weighted by Crippen LogP contribution is -2.33. The van der Waals surface area contributed by atoms with Crippen molar-refractivity contribution in [3.8, 4) is 0 Å². The van der Waals surface area contributed by atoms with Gasteiger partial charge in [-0.3, -0.25) is 4.79 Å². The Bertz CT molecular complexity index is 388. The molecule has 0 aliphatic carbocycles. The highest BCUT2D eigenvalue weighted by Gasteiger charge is 2.26. The van der Waals surface area contributed by atoms with Crippen LogP contribution in [0.15, 0.2) is 0 Å². The van der Waals surface area contributed by atoms with Crippen molar-refractivity contribution in [3.63, 3.8) is 0 Å². The van der Waals surface area contributed by atoms with Gasteiger partial charge < -0.3 is 15.0 Å². The van der Waals surface area contributed by atoms with Crippen LogP contribution in [0.25, 0.3) is 0 Å². The SMILES string of the molecule is Cc1nc2n(c1Cl)CC(C(=O)O)CN2. The number of aliphatic carboxylic acids is 1. The molecule has 0 aromatic carbocycles. The maximum Gasteiger partial charge on any atom is 0.310 e. The van der Waals surface area contributed by atoms with Gasteiger partial charge in [0.25, 0.3) is 0 Å². The number of hydrogen-bond donors (Lipinski definition) is 2. The molecule has 1 aromatic rings. The number of carboxylic acids is 1. The van der Waals surface area contributed by atoms with Crippen molar-refractivity contribution in [2.75, 3.05) is 11.9 Å². The van der Waals surface area contributed by atoms with Crippen LogP contribution < -0.4 is 5.32 Å². The van der Waals surface area contributed by atoms with Gasteiger partial charge in [-0.2, -0.15) is 0 Å². The molecular formula is C8H10ClN3O2. The van der Waals surface area contributed by atoms with Gasteiger partial charge in [-0.05, 0) is 6.92 Å². The molecule has 1 aliphatic rings. The first-order valence-electron chi connectivity index (χ1n) is 4.29. The fraction of sp³-hybridized carbons (Fsp3) is 0.500. The third kappa shape index (κ3) is 1.33. The van der Waals surface area contributed by atoms with Crippen LogP contribution in [0.1, 0.15) is 5.69 Å². The van der Waals surface area contributed by atoms with Crippen molar-refractivity contribution in [2.45, 2.75) is 13.5 Å². The van der Waals surface area contributed by atoms with Crippen molar-refractivity contribution < 1.29 is 9.90 Å². The topological polar surface area (TPSA) is 67.2 Å². The van der Waals surface area contributed by atoms with Crippen molar-refractivity contribution in [3.05, 3.63) is 10.8 Å². The molecule has 1 unspecified atom stereocenters. The monoisotopic (exact) mass is 215 g/mol. The molecular weight excluding hydrogens is 206 g/mol. The number of nitrogens with zero attached hydrogens (tertiary/aromatic N) is 2. The van der Waals surface area contributed by atoms with E-state index in [1.807, 2.05) is 0 Å². The van der Waals surface area contributed by atoms with E-state index in [9.17, 15) is 4.79 Å². The molecule has 0 saturated carbocycles. The van der Waals surface area contributed by atoms with Gasteiger partial charge in [0.1, 0.15) is 5.15 Å². The Morgan fingerprint density at radius 3 is 3.14 bits per heavy atom. The first kappa shape index (κ1) is 9.33. The lowest BCUT2D eigenvalue weighted by molar-refractivity contribution is -0.141.